The number of carbonyl (C=O) groups is 1. The topological polar surface area (TPSA) is 73.1 Å². The highest BCUT2D eigenvalue weighted by molar-refractivity contribution is 5.76. The highest BCUT2D eigenvalue weighted by Gasteiger charge is 2.26. The number of morpholine rings is 1. The van der Waals surface area contributed by atoms with Gasteiger partial charge in [0, 0.05) is 44.3 Å². The average Bonchev–Trinajstić information content (AvgIpc) is 2.99. The van der Waals surface area contributed by atoms with Crippen LogP contribution >= 0.6 is 0 Å². The molecule has 0 bridgehead atoms. The summed E-state index contributed by atoms with van der Waals surface area (Å²) in [6, 6.07) is 1.94. The van der Waals surface area contributed by atoms with Crippen molar-refractivity contribution in [2.45, 2.75) is 18.9 Å². The maximum atomic E-state index is 12.4. The van der Waals surface area contributed by atoms with E-state index in [4.69, 9.17) is 4.74 Å². The van der Waals surface area contributed by atoms with E-state index in [0.717, 1.165) is 11.4 Å². The highest BCUT2D eigenvalue weighted by Crippen LogP contribution is 2.20. The number of aromatic nitrogens is 4. The Bertz CT molecular complexity index is 628. The number of rotatable bonds is 4. The van der Waals surface area contributed by atoms with Crippen molar-refractivity contribution in [1.82, 2.24) is 24.6 Å². The SMILES string of the molecule is Cn1nccc1CCC(=O)N1CCO[C@H](c2cnccn2)C1. The molecule has 0 aliphatic carbocycles. The number of amides is 1. The molecule has 1 aliphatic heterocycles. The zero-order chi connectivity index (χ0) is 15.4. The van der Waals surface area contributed by atoms with Crippen LogP contribution in [-0.2, 0) is 23.0 Å². The Morgan fingerprint density at radius 3 is 3.05 bits per heavy atom. The molecule has 3 rings (SSSR count). The largest absolute Gasteiger partial charge is 0.368 e. The van der Waals surface area contributed by atoms with Gasteiger partial charge in [-0.2, -0.15) is 5.10 Å². The Morgan fingerprint density at radius 2 is 2.32 bits per heavy atom. The summed E-state index contributed by atoms with van der Waals surface area (Å²) in [7, 11) is 1.89. The van der Waals surface area contributed by atoms with Crippen LogP contribution in [0, 0.1) is 0 Å². The van der Waals surface area contributed by atoms with E-state index < -0.39 is 0 Å². The molecular formula is C15H19N5O2. The van der Waals surface area contributed by atoms with Crippen molar-refractivity contribution in [3.8, 4) is 0 Å². The number of aryl methyl sites for hydroxylation is 2. The number of hydrogen-bond acceptors (Lipinski definition) is 5. The lowest BCUT2D eigenvalue weighted by Gasteiger charge is -2.32. The third-order valence-electron chi connectivity index (χ3n) is 3.85. The zero-order valence-corrected chi connectivity index (χ0v) is 12.6. The van der Waals surface area contributed by atoms with Crippen molar-refractivity contribution in [3.05, 3.63) is 42.2 Å². The zero-order valence-electron chi connectivity index (χ0n) is 12.6. The van der Waals surface area contributed by atoms with Gasteiger partial charge in [-0.15, -0.1) is 0 Å². The second-order valence-corrected chi connectivity index (χ2v) is 5.28. The molecule has 0 radical (unpaired) electrons. The van der Waals surface area contributed by atoms with Gasteiger partial charge in [-0.3, -0.25) is 19.4 Å². The van der Waals surface area contributed by atoms with Crippen LogP contribution in [0.2, 0.25) is 0 Å². The second-order valence-electron chi connectivity index (χ2n) is 5.28. The summed E-state index contributed by atoms with van der Waals surface area (Å²) in [5.74, 6) is 0.137. The van der Waals surface area contributed by atoms with Gasteiger partial charge in [0.2, 0.25) is 5.91 Å². The third kappa shape index (κ3) is 3.30. The van der Waals surface area contributed by atoms with Crippen LogP contribution in [0.15, 0.2) is 30.9 Å². The molecule has 2 aromatic rings. The van der Waals surface area contributed by atoms with Crippen LogP contribution in [0.25, 0.3) is 0 Å². The molecule has 1 amide bonds. The van der Waals surface area contributed by atoms with Crippen LogP contribution in [0.4, 0.5) is 0 Å². The number of nitrogens with zero attached hydrogens (tertiary/aromatic N) is 5. The molecule has 1 fully saturated rings. The van der Waals surface area contributed by atoms with E-state index in [9.17, 15) is 4.79 Å². The normalized spacial score (nSPS) is 18.4. The van der Waals surface area contributed by atoms with E-state index in [1.807, 2.05) is 18.0 Å². The second kappa shape index (κ2) is 6.65. The summed E-state index contributed by atoms with van der Waals surface area (Å²) in [5, 5.41) is 4.12. The lowest BCUT2D eigenvalue weighted by molar-refractivity contribution is -0.139. The number of ether oxygens (including phenoxy) is 1. The first-order chi connectivity index (χ1) is 10.7. The van der Waals surface area contributed by atoms with Gasteiger partial charge in [0.1, 0.15) is 6.10 Å². The molecule has 1 saturated heterocycles. The van der Waals surface area contributed by atoms with E-state index >= 15 is 0 Å². The van der Waals surface area contributed by atoms with Crippen LogP contribution in [0.1, 0.15) is 23.9 Å². The lowest BCUT2D eigenvalue weighted by Crippen LogP contribution is -2.42. The Morgan fingerprint density at radius 1 is 1.41 bits per heavy atom. The van der Waals surface area contributed by atoms with Gasteiger partial charge in [-0.25, -0.2) is 0 Å². The molecule has 1 atom stereocenters. The van der Waals surface area contributed by atoms with Crippen molar-refractivity contribution in [2.75, 3.05) is 19.7 Å². The van der Waals surface area contributed by atoms with Crippen molar-refractivity contribution in [3.63, 3.8) is 0 Å². The summed E-state index contributed by atoms with van der Waals surface area (Å²) < 4.78 is 7.50. The van der Waals surface area contributed by atoms with Crippen molar-refractivity contribution in [1.29, 1.82) is 0 Å². The Hall–Kier alpha value is -2.28. The highest BCUT2D eigenvalue weighted by atomic mass is 16.5. The average molecular weight is 301 g/mol. The van der Waals surface area contributed by atoms with E-state index in [0.29, 0.717) is 32.5 Å². The molecule has 0 spiro atoms. The molecule has 0 saturated carbocycles. The molecule has 3 heterocycles. The summed E-state index contributed by atoms with van der Waals surface area (Å²) in [6.45, 7) is 1.68. The Labute approximate surface area is 128 Å². The Kier molecular flexibility index (Phi) is 4.43. The van der Waals surface area contributed by atoms with E-state index in [1.165, 1.54) is 0 Å². The third-order valence-corrected chi connectivity index (χ3v) is 3.85. The van der Waals surface area contributed by atoms with E-state index in [2.05, 4.69) is 15.1 Å². The van der Waals surface area contributed by atoms with Gasteiger partial charge in [0.25, 0.3) is 0 Å². The van der Waals surface area contributed by atoms with Crippen LogP contribution in [0.5, 0.6) is 0 Å². The summed E-state index contributed by atoms with van der Waals surface area (Å²) >= 11 is 0. The van der Waals surface area contributed by atoms with Crippen molar-refractivity contribution in [2.24, 2.45) is 7.05 Å². The number of carbonyl (C=O) groups excluding carboxylic acids is 1. The fourth-order valence-electron chi connectivity index (χ4n) is 2.57. The quantitative estimate of drug-likeness (QED) is 0.833. The van der Waals surface area contributed by atoms with Crippen LogP contribution in [0.3, 0.4) is 0 Å². The molecule has 116 valence electrons. The van der Waals surface area contributed by atoms with Gasteiger partial charge >= 0.3 is 0 Å². The standard InChI is InChI=1S/C15H19N5O2/c1-19-12(4-5-18-19)2-3-15(21)20-8-9-22-14(11-20)13-10-16-6-7-17-13/h4-7,10,14H,2-3,8-9,11H2,1H3/t14-/m0/s1. The molecule has 7 nitrogen and oxygen atoms in total. The Balaban J connectivity index is 1.57. The van der Waals surface area contributed by atoms with Crippen molar-refractivity contribution < 1.29 is 9.53 Å². The predicted molar refractivity (Wildman–Crippen MR) is 78.8 cm³/mol. The summed E-state index contributed by atoms with van der Waals surface area (Å²) in [6.07, 6.45) is 7.69. The maximum absolute atomic E-state index is 12.4. The lowest BCUT2D eigenvalue weighted by atomic mass is 10.1. The monoisotopic (exact) mass is 301 g/mol. The van der Waals surface area contributed by atoms with Gasteiger partial charge < -0.3 is 9.64 Å². The minimum Gasteiger partial charge on any atom is -0.368 e. The van der Waals surface area contributed by atoms with Crippen molar-refractivity contribution >= 4 is 5.91 Å². The molecule has 1 aliphatic rings. The van der Waals surface area contributed by atoms with Crippen LogP contribution in [-0.4, -0.2) is 50.3 Å². The first-order valence-electron chi connectivity index (χ1n) is 7.36. The van der Waals surface area contributed by atoms with E-state index in [-0.39, 0.29) is 12.0 Å². The first-order valence-corrected chi connectivity index (χ1v) is 7.36. The molecule has 22 heavy (non-hydrogen) atoms. The fourth-order valence-corrected chi connectivity index (χ4v) is 2.57. The molecule has 2 aromatic heterocycles. The predicted octanol–water partition coefficient (Wildman–Crippen LogP) is 0.743. The molecule has 0 unspecified atom stereocenters. The smallest absolute Gasteiger partial charge is 0.223 e. The van der Waals surface area contributed by atoms with Gasteiger partial charge in [-0.05, 0) is 12.5 Å². The first kappa shape index (κ1) is 14.6. The minimum absolute atomic E-state index is 0.137. The van der Waals surface area contributed by atoms with Gasteiger partial charge in [0.15, 0.2) is 0 Å². The summed E-state index contributed by atoms with van der Waals surface area (Å²) in [5.41, 5.74) is 1.83. The fraction of sp³-hybridized carbons (Fsp3) is 0.467. The van der Waals surface area contributed by atoms with E-state index in [1.54, 1.807) is 29.5 Å². The molecule has 7 heteroatoms. The molecule has 0 N–H and O–H groups in total. The van der Waals surface area contributed by atoms with Gasteiger partial charge in [-0.1, -0.05) is 0 Å². The minimum atomic E-state index is -0.192. The van der Waals surface area contributed by atoms with Crippen LogP contribution < -0.4 is 0 Å². The number of hydrogen-bond donors (Lipinski definition) is 0. The molecule has 0 aromatic carbocycles. The summed E-state index contributed by atoms with van der Waals surface area (Å²) in [4.78, 5) is 22.5. The van der Waals surface area contributed by atoms with Gasteiger partial charge in [0.05, 0.1) is 25.0 Å². The maximum Gasteiger partial charge on any atom is 0.223 e. The molecular weight excluding hydrogens is 282 g/mol.